The van der Waals surface area contributed by atoms with Gasteiger partial charge >= 0.3 is 6.18 Å². The molecule has 3 rings (SSSR count). The summed E-state index contributed by atoms with van der Waals surface area (Å²) in [6, 6.07) is 12.2. The third-order valence-corrected chi connectivity index (χ3v) is 3.28. The smallest absolute Gasteiger partial charge is 0.399 e. The number of halogens is 3. The molecule has 2 N–H and O–H groups in total. The predicted molar refractivity (Wildman–Crippen MR) is 78.4 cm³/mol. The number of nitrogen functional groups attached to an aromatic ring is 1. The third-order valence-electron chi connectivity index (χ3n) is 3.28. The van der Waals surface area contributed by atoms with E-state index in [1.165, 1.54) is 12.1 Å². The van der Waals surface area contributed by atoms with E-state index in [1.54, 1.807) is 29.2 Å². The Morgan fingerprint density at radius 2 is 1.55 bits per heavy atom. The fourth-order valence-corrected chi connectivity index (χ4v) is 2.09. The quantitative estimate of drug-likeness (QED) is 0.723. The molecule has 0 fully saturated rings. The molecule has 3 aromatic rings. The molecule has 0 bridgehead atoms. The summed E-state index contributed by atoms with van der Waals surface area (Å²) in [4.78, 5) is 4.26. The van der Waals surface area contributed by atoms with Crippen molar-refractivity contribution in [3.05, 3.63) is 66.6 Å². The van der Waals surface area contributed by atoms with Gasteiger partial charge in [-0.25, -0.2) is 4.98 Å². The normalized spacial score (nSPS) is 11.6. The Bertz CT molecular complexity index is 772. The zero-order chi connectivity index (χ0) is 15.7. The Morgan fingerprint density at radius 3 is 2.14 bits per heavy atom. The van der Waals surface area contributed by atoms with Crippen LogP contribution in [0.4, 0.5) is 18.9 Å². The molecule has 0 atom stereocenters. The van der Waals surface area contributed by atoms with E-state index in [0.717, 1.165) is 23.4 Å². The minimum absolute atomic E-state index is 0.613. The standard InChI is InChI=1S/C16H12F3N3/c17-16(18,19)12-3-7-14(8-4-12)22-9-15(21-10-22)11-1-5-13(20)6-2-11/h1-10H,20H2. The SMILES string of the molecule is Nc1ccc(-c2cn(-c3ccc(C(F)(F)F)cc3)cn2)cc1. The summed E-state index contributed by atoms with van der Waals surface area (Å²) in [6.45, 7) is 0. The van der Waals surface area contributed by atoms with Crippen molar-refractivity contribution in [2.45, 2.75) is 6.18 Å². The van der Waals surface area contributed by atoms with Crippen LogP contribution in [0, 0.1) is 0 Å². The number of alkyl halides is 3. The topological polar surface area (TPSA) is 43.8 Å². The van der Waals surface area contributed by atoms with Gasteiger partial charge in [-0.15, -0.1) is 0 Å². The van der Waals surface area contributed by atoms with Gasteiger partial charge in [0.05, 0.1) is 17.6 Å². The molecule has 1 aromatic heterocycles. The third kappa shape index (κ3) is 2.81. The first-order valence-corrected chi connectivity index (χ1v) is 6.51. The second-order valence-corrected chi connectivity index (χ2v) is 4.83. The van der Waals surface area contributed by atoms with Gasteiger partial charge < -0.3 is 10.3 Å². The van der Waals surface area contributed by atoms with Crippen LogP contribution in [-0.4, -0.2) is 9.55 Å². The number of nitrogens with two attached hydrogens (primary N) is 1. The first-order chi connectivity index (χ1) is 10.4. The first-order valence-electron chi connectivity index (χ1n) is 6.51. The minimum Gasteiger partial charge on any atom is -0.399 e. The van der Waals surface area contributed by atoms with Crippen LogP contribution in [0.3, 0.4) is 0 Å². The number of nitrogens with zero attached hydrogens (tertiary/aromatic N) is 2. The summed E-state index contributed by atoms with van der Waals surface area (Å²) < 4.78 is 39.3. The molecule has 0 radical (unpaired) electrons. The van der Waals surface area contributed by atoms with E-state index >= 15 is 0 Å². The van der Waals surface area contributed by atoms with E-state index < -0.39 is 11.7 Å². The monoisotopic (exact) mass is 303 g/mol. The van der Waals surface area contributed by atoms with E-state index in [-0.39, 0.29) is 0 Å². The molecule has 0 aliphatic rings. The molecule has 0 spiro atoms. The molecule has 6 heteroatoms. The minimum atomic E-state index is -4.33. The number of imidazole rings is 1. The molecule has 0 amide bonds. The highest BCUT2D eigenvalue weighted by Crippen LogP contribution is 2.29. The molecule has 0 aliphatic carbocycles. The molecule has 0 aliphatic heterocycles. The fraction of sp³-hybridized carbons (Fsp3) is 0.0625. The van der Waals surface area contributed by atoms with Crippen LogP contribution in [0.15, 0.2) is 61.1 Å². The van der Waals surface area contributed by atoms with E-state index in [2.05, 4.69) is 4.98 Å². The number of aromatic nitrogens is 2. The van der Waals surface area contributed by atoms with E-state index in [1.807, 2.05) is 12.1 Å². The molecule has 2 aromatic carbocycles. The van der Waals surface area contributed by atoms with Crippen LogP contribution in [0.1, 0.15) is 5.56 Å². The van der Waals surface area contributed by atoms with Crippen molar-refractivity contribution in [3.8, 4) is 16.9 Å². The van der Waals surface area contributed by atoms with Gasteiger partial charge in [0.25, 0.3) is 0 Å². The number of benzene rings is 2. The molecule has 0 unspecified atom stereocenters. The highest BCUT2D eigenvalue weighted by Gasteiger charge is 2.29. The van der Waals surface area contributed by atoms with E-state index in [9.17, 15) is 13.2 Å². The highest BCUT2D eigenvalue weighted by molar-refractivity contribution is 5.61. The zero-order valence-corrected chi connectivity index (χ0v) is 11.4. The molecule has 3 nitrogen and oxygen atoms in total. The van der Waals surface area contributed by atoms with Crippen molar-refractivity contribution >= 4 is 5.69 Å². The van der Waals surface area contributed by atoms with Crippen molar-refractivity contribution in [1.29, 1.82) is 0 Å². The largest absolute Gasteiger partial charge is 0.416 e. The number of hydrogen-bond acceptors (Lipinski definition) is 2. The summed E-state index contributed by atoms with van der Waals surface area (Å²) in [5, 5.41) is 0. The average molecular weight is 303 g/mol. The molecule has 0 saturated heterocycles. The van der Waals surface area contributed by atoms with Gasteiger partial charge in [-0.2, -0.15) is 13.2 Å². The van der Waals surface area contributed by atoms with Crippen LogP contribution in [0.2, 0.25) is 0 Å². The van der Waals surface area contributed by atoms with Crippen LogP contribution < -0.4 is 5.73 Å². The average Bonchev–Trinajstić information content (AvgIpc) is 2.97. The molecule has 22 heavy (non-hydrogen) atoms. The Labute approximate surface area is 124 Å². The summed E-state index contributed by atoms with van der Waals surface area (Å²) >= 11 is 0. The maximum absolute atomic E-state index is 12.6. The van der Waals surface area contributed by atoms with Gasteiger partial charge in [0.2, 0.25) is 0 Å². The fourth-order valence-electron chi connectivity index (χ4n) is 2.09. The summed E-state index contributed by atoms with van der Waals surface area (Å²) in [7, 11) is 0. The molecular weight excluding hydrogens is 291 g/mol. The highest BCUT2D eigenvalue weighted by atomic mass is 19.4. The second-order valence-electron chi connectivity index (χ2n) is 4.83. The Balaban J connectivity index is 1.89. The molecule has 1 heterocycles. The number of anilines is 1. The first kappa shape index (κ1) is 14.2. The van der Waals surface area contributed by atoms with Crippen molar-refractivity contribution in [1.82, 2.24) is 9.55 Å². The van der Waals surface area contributed by atoms with Crippen LogP contribution in [-0.2, 0) is 6.18 Å². The van der Waals surface area contributed by atoms with Crippen molar-refractivity contribution in [2.75, 3.05) is 5.73 Å². The Morgan fingerprint density at radius 1 is 0.909 bits per heavy atom. The van der Waals surface area contributed by atoms with Gasteiger partial charge in [0.1, 0.15) is 0 Å². The van der Waals surface area contributed by atoms with Crippen molar-refractivity contribution < 1.29 is 13.2 Å². The maximum Gasteiger partial charge on any atom is 0.416 e. The van der Waals surface area contributed by atoms with Crippen molar-refractivity contribution in [2.24, 2.45) is 0 Å². The lowest BCUT2D eigenvalue weighted by molar-refractivity contribution is -0.137. The van der Waals surface area contributed by atoms with Crippen LogP contribution in [0.25, 0.3) is 16.9 Å². The van der Waals surface area contributed by atoms with Gasteiger partial charge in [-0.3, -0.25) is 0 Å². The Hall–Kier alpha value is -2.76. The van der Waals surface area contributed by atoms with Crippen molar-refractivity contribution in [3.63, 3.8) is 0 Å². The van der Waals surface area contributed by atoms with Crippen LogP contribution in [0.5, 0.6) is 0 Å². The van der Waals surface area contributed by atoms with E-state index in [4.69, 9.17) is 5.73 Å². The van der Waals surface area contributed by atoms with Gasteiger partial charge in [0.15, 0.2) is 0 Å². The lowest BCUT2D eigenvalue weighted by Crippen LogP contribution is -2.04. The maximum atomic E-state index is 12.6. The Kier molecular flexibility index (Phi) is 3.36. The van der Waals surface area contributed by atoms with Gasteiger partial charge in [-0.1, -0.05) is 12.1 Å². The summed E-state index contributed by atoms with van der Waals surface area (Å²) in [6.07, 6.45) is -1.01. The second kappa shape index (κ2) is 5.22. The molecular formula is C16H12F3N3. The zero-order valence-electron chi connectivity index (χ0n) is 11.4. The lowest BCUT2D eigenvalue weighted by atomic mass is 10.1. The predicted octanol–water partition coefficient (Wildman–Crippen LogP) is 4.14. The molecule has 0 saturated carbocycles. The lowest BCUT2D eigenvalue weighted by Gasteiger charge is -2.07. The molecule has 112 valence electrons. The summed E-state index contributed by atoms with van der Waals surface area (Å²) in [5.41, 5.74) is 7.84. The number of rotatable bonds is 2. The van der Waals surface area contributed by atoms with Crippen LogP contribution >= 0.6 is 0 Å². The van der Waals surface area contributed by atoms with E-state index in [0.29, 0.717) is 11.4 Å². The van der Waals surface area contributed by atoms with Gasteiger partial charge in [0, 0.05) is 23.1 Å². The number of hydrogen-bond donors (Lipinski definition) is 1. The van der Waals surface area contributed by atoms with Gasteiger partial charge in [-0.05, 0) is 36.4 Å². The summed E-state index contributed by atoms with van der Waals surface area (Å²) in [5.74, 6) is 0.